The number of unbranched alkanes of at least 4 members (excludes halogenated alkanes) is 1. The molecule has 2 rings (SSSR count). The Morgan fingerprint density at radius 3 is 2.37 bits per heavy atom. The van der Waals surface area contributed by atoms with Gasteiger partial charge in [0.15, 0.2) is 17.6 Å². The lowest BCUT2D eigenvalue weighted by Gasteiger charge is -2.23. The number of ether oxygens (including phenoxy) is 4. The van der Waals surface area contributed by atoms with E-state index in [0.29, 0.717) is 24.5 Å². The van der Waals surface area contributed by atoms with Crippen molar-refractivity contribution >= 4 is 12.1 Å². The van der Waals surface area contributed by atoms with Crippen molar-refractivity contribution in [3.05, 3.63) is 53.6 Å². The topological polar surface area (TPSA) is 94.5 Å². The van der Waals surface area contributed by atoms with Gasteiger partial charge in [-0.3, -0.25) is 0 Å². The minimum atomic E-state index is -2.76. The highest BCUT2D eigenvalue weighted by atomic mass is 19.3. The molecule has 1 amide bonds. The second-order valence-electron chi connectivity index (χ2n) is 9.02. The summed E-state index contributed by atoms with van der Waals surface area (Å²) in [6.07, 6.45) is -0.970. The highest BCUT2D eigenvalue weighted by Crippen LogP contribution is 2.28. The fourth-order valence-corrected chi connectivity index (χ4v) is 3.68. The van der Waals surface area contributed by atoms with Gasteiger partial charge in [-0.2, -0.15) is 0 Å². The van der Waals surface area contributed by atoms with E-state index in [1.807, 2.05) is 13.0 Å². The maximum absolute atomic E-state index is 13.2. The molecular weight excluding hydrogens is 500 g/mol. The zero-order chi connectivity index (χ0) is 28.1. The molecule has 0 radical (unpaired) electrons. The Balaban J connectivity index is 1.99. The van der Waals surface area contributed by atoms with E-state index in [2.05, 4.69) is 0 Å². The fourth-order valence-electron chi connectivity index (χ4n) is 3.68. The molecule has 1 atom stereocenters. The summed E-state index contributed by atoms with van der Waals surface area (Å²) < 4.78 is 48.3. The molecule has 210 valence electrons. The first-order valence-corrected chi connectivity index (χ1v) is 12.6. The summed E-state index contributed by atoms with van der Waals surface area (Å²) in [5, 5.41) is 9.25. The van der Waals surface area contributed by atoms with Crippen molar-refractivity contribution in [3.8, 4) is 17.2 Å². The lowest BCUT2D eigenvalue weighted by Crippen LogP contribution is -2.37. The molecule has 0 spiro atoms. The van der Waals surface area contributed by atoms with E-state index >= 15 is 0 Å². The number of carboxylic acid groups (broad SMARTS) is 1. The van der Waals surface area contributed by atoms with Crippen LogP contribution in [0.3, 0.4) is 0 Å². The van der Waals surface area contributed by atoms with Gasteiger partial charge in [-0.1, -0.05) is 18.2 Å². The summed E-state index contributed by atoms with van der Waals surface area (Å²) in [6.45, 7) is 5.30. The molecule has 38 heavy (non-hydrogen) atoms. The van der Waals surface area contributed by atoms with Gasteiger partial charge in [-0.15, -0.1) is 0 Å². The number of hydrogen-bond acceptors (Lipinski definition) is 6. The van der Waals surface area contributed by atoms with Gasteiger partial charge in [0.1, 0.15) is 12.4 Å². The van der Waals surface area contributed by atoms with Crippen LogP contribution in [0.4, 0.5) is 13.6 Å². The van der Waals surface area contributed by atoms with Gasteiger partial charge in [0.25, 0.3) is 0 Å². The van der Waals surface area contributed by atoms with E-state index < -0.39 is 24.1 Å². The standard InChI is InChI=1S/C28H37F2NO7/c1-5-36-25(26(32)33)19-21-9-11-22(12-10-21)37-17-16-31(15-7-6-14-28(3,29)30)27(34)38-24-18-20(2)8-13-23(24)35-4/h8-13,18,25H,5-7,14-17,19H2,1-4H3,(H,32,33). The second-order valence-corrected chi connectivity index (χ2v) is 9.02. The van der Waals surface area contributed by atoms with Gasteiger partial charge in [0.05, 0.1) is 13.7 Å². The van der Waals surface area contributed by atoms with Crippen LogP contribution < -0.4 is 14.2 Å². The Bertz CT molecular complexity index is 1020. The summed E-state index contributed by atoms with van der Waals surface area (Å²) in [6, 6.07) is 12.2. The summed E-state index contributed by atoms with van der Waals surface area (Å²) in [4.78, 5) is 25.7. The highest BCUT2D eigenvalue weighted by Gasteiger charge is 2.22. The largest absolute Gasteiger partial charge is 0.493 e. The molecule has 1 unspecified atom stereocenters. The van der Waals surface area contributed by atoms with Crippen molar-refractivity contribution in [2.24, 2.45) is 0 Å². The fraction of sp³-hybridized carbons (Fsp3) is 0.500. The number of hydrogen-bond donors (Lipinski definition) is 1. The molecule has 0 aliphatic carbocycles. The van der Waals surface area contributed by atoms with E-state index in [4.69, 9.17) is 18.9 Å². The molecule has 0 aromatic heterocycles. The lowest BCUT2D eigenvalue weighted by atomic mass is 10.1. The monoisotopic (exact) mass is 537 g/mol. The SMILES string of the molecule is CCOC(Cc1ccc(OCCN(CCCCC(C)(F)F)C(=O)Oc2cc(C)ccc2OC)cc1)C(=O)O. The number of halogens is 2. The van der Waals surface area contributed by atoms with Gasteiger partial charge in [0, 0.05) is 26.0 Å². The molecule has 10 heteroatoms. The number of amides is 1. The van der Waals surface area contributed by atoms with Crippen molar-refractivity contribution < 1.29 is 42.4 Å². The Kier molecular flexibility index (Phi) is 12.3. The third-order valence-electron chi connectivity index (χ3n) is 5.69. The Labute approximate surface area is 222 Å². The van der Waals surface area contributed by atoms with Crippen LogP contribution in [0.1, 0.15) is 44.2 Å². The van der Waals surface area contributed by atoms with E-state index in [9.17, 15) is 23.5 Å². The molecule has 1 N–H and O–H groups in total. The Morgan fingerprint density at radius 2 is 1.76 bits per heavy atom. The number of aryl methyl sites for hydroxylation is 1. The quantitative estimate of drug-likeness (QED) is 0.273. The average Bonchev–Trinajstić information content (AvgIpc) is 2.85. The van der Waals surface area contributed by atoms with Crippen LogP contribution in [0.25, 0.3) is 0 Å². The zero-order valence-corrected chi connectivity index (χ0v) is 22.4. The Hall–Kier alpha value is -3.40. The predicted molar refractivity (Wildman–Crippen MR) is 138 cm³/mol. The van der Waals surface area contributed by atoms with Crippen LogP contribution in [-0.2, 0) is 16.0 Å². The van der Waals surface area contributed by atoms with Crippen molar-refractivity contribution in [1.29, 1.82) is 0 Å². The summed E-state index contributed by atoms with van der Waals surface area (Å²) in [7, 11) is 1.47. The van der Waals surface area contributed by atoms with Crippen LogP contribution in [-0.4, -0.2) is 67.5 Å². The van der Waals surface area contributed by atoms with Gasteiger partial charge in [0.2, 0.25) is 5.92 Å². The number of methoxy groups -OCH3 is 1. The molecular formula is C28H37F2NO7. The highest BCUT2D eigenvalue weighted by molar-refractivity contribution is 5.73. The second kappa shape index (κ2) is 15.1. The van der Waals surface area contributed by atoms with Crippen LogP contribution in [0.2, 0.25) is 0 Å². The van der Waals surface area contributed by atoms with Crippen LogP contribution >= 0.6 is 0 Å². The number of carbonyl (C=O) groups is 2. The van der Waals surface area contributed by atoms with Crippen molar-refractivity contribution in [2.75, 3.05) is 33.4 Å². The van der Waals surface area contributed by atoms with Crippen molar-refractivity contribution in [1.82, 2.24) is 4.90 Å². The van der Waals surface area contributed by atoms with Gasteiger partial charge < -0.3 is 29.0 Å². The smallest absolute Gasteiger partial charge is 0.415 e. The van der Waals surface area contributed by atoms with Gasteiger partial charge in [-0.25, -0.2) is 18.4 Å². The number of carbonyl (C=O) groups excluding carboxylic acids is 1. The number of aliphatic carboxylic acids is 1. The number of benzene rings is 2. The maximum Gasteiger partial charge on any atom is 0.415 e. The summed E-state index contributed by atoms with van der Waals surface area (Å²) >= 11 is 0. The molecule has 2 aromatic rings. The van der Waals surface area contributed by atoms with E-state index in [1.54, 1.807) is 43.3 Å². The van der Waals surface area contributed by atoms with E-state index in [1.165, 1.54) is 12.0 Å². The number of rotatable bonds is 16. The number of alkyl halides is 2. The molecule has 0 aliphatic rings. The van der Waals surface area contributed by atoms with Crippen molar-refractivity contribution in [3.63, 3.8) is 0 Å². The first kappa shape index (κ1) is 30.8. The first-order chi connectivity index (χ1) is 18.0. The van der Waals surface area contributed by atoms with Crippen LogP contribution in [0, 0.1) is 6.92 Å². The minimum absolute atomic E-state index is 0.139. The first-order valence-electron chi connectivity index (χ1n) is 12.6. The van der Waals surface area contributed by atoms with Gasteiger partial charge in [-0.05, 0) is 69.0 Å². The summed E-state index contributed by atoms with van der Waals surface area (Å²) in [5.41, 5.74) is 1.66. The summed E-state index contributed by atoms with van der Waals surface area (Å²) in [5.74, 6) is -2.57. The number of nitrogens with zero attached hydrogens (tertiary/aromatic N) is 1. The van der Waals surface area contributed by atoms with E-state index in [0.717, 1.165) is 18.1 Å². The predicted octanol–water partition coefficient (Wildman–Crippen LogP) is 5.74. The molecule has 2 aromatic carbocycles. The minimum Gasteiger partial charge on any atom is -0.493 e. The normalized spacial score (nSPS) is 12.1. The zero-order valence-electron chi connectivity index (χ0n) is 22.4. The third-order valence-corrected chi connectivity index (χ3v) is 5.69. The molecule has 0 aliphatic heterocycles. The molecule has 0 bridgehead atoms. The van der Waals surface area contributed by atoms with E-state index in [-0.39, 0.29) is 44.7 Å². The van der Waals surface area contributed by atoms with Crippen LogP contribution in [0.5, 0.6) is 17.2 Å². The molecule has 0 saturated heterocycles. The molecule has 0 heterocycles. The maximum atomic E-state index is 13.2. The van der Waals surface area contributed by atoms with Crippen molar-refractivity contribution in [2.45, 2.75) is 58.5 Å². The Morgan fingerprint density at radius 1 is 1.05 bits per heavy atom. The van der Waals surface area contributed by atoms with Crippen LogP contribution in [0.15, 0.2) is 42.5 Å². The lowest BCUT2D eigenvalue weighted by molar-refractivity contribution is -0.149. The third kappa shape index (κ3) is 10.9. The number of carboxylic acids is 1. The van der Waals surface area contributed by atoms with Gasteiger partial charge >= 0.3 is 12.1 Å². The molecule has 0 saturated carbocycles. The average molecular weight is 538 g/mol. The molecule has 0 fully saturated rings. The molecule has 8 nitrogen and oxygen atoms in total.